The van der Waals surface area contributed by atoms with Gasteiger partial charge in [-0.25, -0.2) is 8.42 Å². The average Bonchev–Trinajstić information content (AvgIpc) is 2.98. The molecule has 0 unspecified atom stereocenters. The van der Waals surface area contributed by atoms with Crippen LogP contribution in [0.1, 0.15) is 13.8 Å². The molecule has 0 fully saturated rings. The Bertz CT molecular complexity index is 1070. The Morgan fingerprint density at radius 1 is 1.11 bits per heavy atom. The molecule has 2 aromatic carbocycles. The number of benzene rings is 2. The monoisotopic (exact) mass is 387 g/mol. The van der Waals surface area contributed by atoms with E-state index >= 15 is 0 Å². The van der Waals surface area contributed by atoms with Crippen molar-refractivity contribution < 1.29 is 13.2 Å². The van der Waals surface area contributed by atoms with E-state index in [1.54, 1.807) is 33.2 Å². The van der Waals surface area contributed by atoms with Crippen molar-refractivity contribution in [1.29, 1.82) is 0 Å². The predicted molar refractivity (Wildman–Crippen MR) is 112 cm³/mol. The van der Waals surface area contributed by atoms with Crippen LogP contribution in [-0.2, 0) is 16.6 Å². The van der Waals surface area contributed by atoms with Crippen molar-refractivity contribution in [2.75, 3.05) is 29.9 Å². The van der Waals surface area contributed by atoms with E-state index in [2.05, 4.69) is 11.5 Å². The molecule has 0 aliphatic rings. The number of nitrogen functional groups attached to an aromatic ring is 1. The summed E-state index contributed by atoms with van der Waals surface area (Å²) < 4.78 is 33.0. The van der Waals surface area contributed by atoms with Gasteiger partial charge in [0.15, 0.2) is 0 Å². The molecule has 1 aromatic heterocycles. The number of methoxy groups -OCH3 is 1. The lowest BCUT2D eigenvalue weighted by Gasteiger charge is -2.19. The first-order chi connectivity index (χ1) is 12.8. The molecule has 1 heterocycles. The fourth-order valence-corrected chi connectivity index (χ4v) is 4.14. The summed E-state index contributed by atoms with van der Waals surface area (Å²) in [7, 11) is -0.0783. The van der Waals surface area contributed by atoms with E-state index in [-0.39, 0.29) is 5.75 Å². The molecule has 0 amide bonds. The Balaban J connectivity index is 2.11. The summed E-state index contributed by atoms with van der Waals surface area (Å²) in [6.07, 6.45) is 0. The van der Waals surface area contributed by atoms with Crippen LogP contribution in [-0.4, -0.2) is 32.9 Å². The molecule has 144 valence electrons. The van der Waals surface area contributed by atoms with Crippen LogP contribution in [0.15, 0.2) is 42.5 Å². The van der Waals surface area contributed by atoms with Gasteiger partial charge in [-0.15, -0.1) is 0 Å². The molecular weight excluding hydrogens is 362 g/mol. The lowest BCUT2D eigenvalue weighted by Crippen LogP contribution is -2.27. The Morgan fingerprint density at radius 2 is 1.78 bits per heavy atom. The molecule has 0 aliphatic carbocycles. The minimum absolute atomic E-state index is 0.0596. The summed E-state index contributed by atoms with van der Waals surface area (Å²) in [5, 5.41) is 0.974. The van der Waals surface area contributed by atoms with Gasteiger partial charge in [-0.05, 0) is 38.1 Å². The van der Waals surface area contributed by atoms with Crippen molar-refractivity contribution in [2.24, 2.45) is 0 Å². The fourth-order valence-electron chi connectivity index (χ4n) is 3.31. The molecule has 3 rings (SSSR count). The molecule has 0 saturated heterocycles. The molecule has 27 heavy (non-hydrogen) atoms. The van der Waals surface area contributed by atoms with Gasteiger partial charge in [0, 0.05) is 30.6 Å². The quantitative estimate of drug-likeness (QED) is 0.699. The molecule has 0 radical (unpaired) electrons. The second-order valence-electron chi connectivity index (χ2n) is 6.30. The van der Waals surface area contributed by atoms with Gasteiger partial charge in [0.25, 0.3) is 0 Å². The summed E-state index contributed by atoms with van der Waals surface area (Å²) >= 11 is 0. The number of fused-ring (bicyclic) bond motifs is 1. The van der Waals surface area contributed by atoms with E-state index in [0.717, 1.165) is 34.5 Å². The van der Waals surface area contributed by atoms with Gasteiger partial charge in [0.2, 0.25) is 10.0 Å². The first-order valence-electron chi connectivity index (χ1n) is 8.86. The highest BCUT2D eigenvalue weighted by molar-refractivity contribution is 7.92. The van der Waals surface area contributed by atoms with Crippen LogP contribution in [0.3, 0.4) is 0 Å². The fraction of sp³-hybridized carbons (Fsp3) is 0.300. The zero-order chi connectivity index (χ0) is 19.8. The molecular formula is C20H25N3O3S. The van der Waals surface area contributed by atoms with E-state index in [0.29, 0.717) is 11.4 Å². The van der Waals surface area contributed by atoms with Crippen molar-refractivity contribution in [3.8, 4) is 17.0 Å². The van der Waals surface area contributed by atoms with Crippen molar-refractivity contribution in [3.63, 3.8) is 0 Å². The minimum atomic E-state index is -3.29. The van der Waals surface area contributed by atoms with E-state index in [1.165, 1.54) is 4.31 Å². The van der Waals surface area contributed by atoms with E-state index in [4.69, 9.17) is 10.5 Å². The molecule has 0 bridgehead atoms. The van der Waals surface area contributed by atoms with Gasteiger partial charge in [0.1, 0.15) is 5.75 Å². The van der Waals surface area contributed by atoms with Gasteiger partial charge >= 0.3 is 0 Å². The third kappa shape index (κ3) is 3.23. The molecule has 3 aromatic rings. The Labute approximate surface area is 160 Å². The molecule has 6 nitrogen and oxygen atoms in total. The molecule has 0 aliphatic heterocycles. The normalized spacial score (nSPS) is 11.7. The van der Waals surface area contributed by atoms with Crippen molar-refractivity contribution in [3.05, 3.63) is 42.5 Å². The predicted octanol–water partition coefficient (Wildman–Crippen LogP) is 3.70. The Morgan fingerprint density at radius 3 is 2.33 bits per heavy atom. The lowest BCUT2D eigenvalue weighted by molar-refractivity contribution is 0.415. The topological polar surface area (TPSA) is 77.6 Å². The minimum Gasteiger partial charge on any atom is -0.497 e. The second kappa shape index (κ2) is 7.15. The third-order valence-electron chi connectivity index (χ3n) is 4.91. The first kappa shape index (κ1) is 19.1. The molecule has 2 N–H and O–H groups in total. The van der Waals surface area contributed by atoms with Crippen LogP contribution in [0.25, 0.3) is 22.2 Å². The highest BCUT2D eigenvalue weighted by Crippen LogP contribution is 2.38. The van der Waals surface area contributed by atoms with Crippen LogP contribution >= 0.6 is 0 Å². The number of hydrogen-bond acceptors (Lipinski definition) is 4. The van der Waals surface area contributed by atoms with Gasteiger partial charge < -0.3 is 15.0 Å². The van der Waals surface area contributed by atoms with Crippen molar-refractivity contribution in [2.45, 2.75) is 20.4 Å². The number of aromatic nitrogens is 1. The highest BCUT2D eigenvalue weighted by atomic mass is 32.2. The molecule has 0 saturated carbocycles. The maximum atomic E-state index is 12.1. The van der Waals surface area contributed by atoms with Crippen molar-refractivity contribution >= 4 is 32.3 Å². The first-order valence-corrected chi connectivity index (χ1v) is 10.5. The number of sulfonamides is 1. The summed E-state index contributed by atoms with van der Waals surface area (Å²) in [6, 6.07) is 13.3. The number of rotatable bonds is 6. The van der Waals surface area contributed by atoms with Crippen LogP contribution < -0.4 is 14.8 Å². The van der Waals surface area contributed by atoms with Gasteiger partial charge in [-0.1, -0.05) is 12.1 Å². The lowest BCUT2D eigenvalue weighted by atomic mass is 10.1. The third-order valence-corrected chi connectivity index (χ3v) is 6.69. The van der Waals surface area contributed by atoms with E-state index in [9.17, 15) is 8.42 Å². The molecule has 0 spiro atoms. The van der Waals surface area contributed by atoms with Crippen LogP contribution in [0.5, 0.6) is 5.75 Å². The number of aryl methyl sites for hydroxylation is 1. The Kier molecular flexibility index (Phi) is 5.06. The van der Waals surface area contributed by atoms with Crippen LogP contribution in [0.4, 0.5) is 11.4 Å². The summed E-state index contributed by atoms with van der Waals surface area (Å²) in [4.78, 5) is 0. The zero-order valence-electron chi connectivity index (χ0n) is 16.1. The number of hydrogen-bond donors (Lipinski definition) is 1. The number of nitrogens with two attached hydrogens (primary N) is 1. The van der Waals surface area contributed by atoms with Crippen LogP contribution in [0.2, 0.25) is 0 Å². The number of ether oxygens (including phenoxy) is 1. The Hall–Kier alpha value is -2.67. The van der Waals surface area contributed by atoms with Gasteiger partial charge in [-0.2, -0.15) is 0 Å². The average molecular weight is 388 g/mol. The molecule has 0 atom stereocenters. The largest absolute Gasteiger partial charge is 0.497 e. The number of nitrogens with zero attached hydrogens (tertiary/aromatic N) is 2. The zero-order valence-corrected chi connectivity index (χ0v) is 16.9. The standard InChI is InChI=1S/C20H25N3O3S/c1-5-23-18-13-16(26-4)11-12-17(18)19(21)20(23)14-7-9-15(10-8-14)22(3)27(24,25)6-2/h7-13H,5-6,21H2,1-4H3. The van der Waals surface area contributed by atoms with E-state index < -0.39 is 10.0 Å². The highest BCUT2D eigenvalue weighted by Gasteiger charge is 2.18. The SMILES string of the molecule is CCn1c(-c2ccc(N(C)S(=O)(=O)CC)cc2)c(N)c2ccc(OC)cc21. The maximum Gasteiger partial charge on any atom is 0.234 e. The van der Waals surface area contributed by atoms with Gasteiger partial charge in [0.05, 0.1) is 35.4 Å². The summed E-state index contributed by atoms with van der Waals surface area (Å²) in [5.74, 6) is 0.840. The molecule has 7 heteroatoms. The summed E-state index contributed by atoms with van der Waals surface area (Å²) in [6.45, 7) is 4.45. The van der Waals surface area contributed by atoms with Crippen LogP contribution in [0, 0.1) is 0 Å². The number of anilines is 2. The smallest absolute Gasteiger partial charge is 0.234 e. The van der Waals surface area contributed by atoms with E-state index in [1.807, 2.05) is 30.3 Å². The second-order valence-corrected chi connectivity index (χ2v) is 8.59. The van der Waals surface area contributed by atoms with Crippen molar-refractivity contribution in [1.82, 2.24) is 4.57 Å². The van der Waals surface area contributed by atoms with Gasteiger partial charge in [-0.3, -0.25) is 4.31 Å². The summed E-state index contributed by atoms with van der Waals surface area (Å²) in [5.41, 5.74) is 10.7. The maximum absolute atomic E-state index is 12.1.